The van der Waals surface area contributed by atoms with Crippen LogP contribution in [0.3, 0.4) is 0 Å². The van der Waals surface area contributed by atoms with Gasteiger partial charge in [0.2, 0.25) is 0 Å². The Hall–Kier alpha value is -1.75. The number of nitrogens with two attached hydrogens (primary N) is 1. The van der Waals surface area contributed by atoms with Gasteiger partial charge in [-0.25, -0.2) is 0 Å². The summed E-state index contributed by atoms with van der Waals surface area (Å²) in [6.07, 6.45) is 0.703. The zero-order valence-corrected chi connectivity index (χ0v) is 10.3. The van der Waals surface area contributed by atoms with Crippen molar-refractivity contribution in [1.82, 2.24) is 10.1 Å². The first-order chi connectivity index (χ1) is 8.15. The van der Waals surface area contributed by atoms with Crippen LogP contribution in [0.15, 0.2) is 16.7 Å². The minimum Gasteiger partial charge on any atom is -0.496 e. The first-order valence-corrected chi connectivity index (χ1v) is 5.49. The highest BCUT2D eigenvalue weighted by atomic mass is 35.5. The number of aryl methyl sites for hydroxylation is 1. The van der Waals surface area contributed by atoms with Crippen LogP contribution in [-0.2, 0) is 6.42 Å². The minimum absolute atomic E-state index is 0.376. The van der Waals surface area contributed by atoms with E-state index in [1.54, 1.807) is 19.2 Å². The van der Waals surface area contributed by atoms with Crippen molar-refractivity contribution in [1.29, 1.82) is 0 Å². The maximum absolute atomic E-state index is 5.96. The highest BCUT2D eigenvalue weighted by Crippen LogP contribution is 2.35. The lowest BCUT2D eigenvalue weighted by Crippen LogP contribution is -1.93. The van der Waals surface area contributed by atoms with Crippen LogP contribution in [0.2, 0.25) is 5.02 Å². The van der Waals surface area contributed by atoms with Gasteiger partial charge < -0.3 is 15.0 Å². The van der Waals surface area contributed by atoms with Crippen molar-refractivity contribution in [2.24, 2.45) is 0 Å². The molecule has 5 nitrogen and oxygen atoms in total. The normalized spacial score (nSPS) is 10.5. The fourth-order valence-electron chi connectivity index (χ4n) is 1.41. The summed E-state index contributed by atoms with van der Waals surface area (Å²) in [5.41, 5.74) is 6.78. The smallest absolute Gasteiger partial charge is 0.261 e. The molecule has 0 aliphatic rings. The van der Waals surface area contributed by atoms with Crippen molar-refractivity contribution >= 4 is 17.3 Å². The Balaban J connectivity index is 2.53. The zero-order valence-electron chi connectivity index (χ0n) is 9.53. The molecule has 0 bridgehead atoms. The van der Waals surface area contributed by atoms with E-state index in [4.69, 9.17) is 26.6 Å². The number of ether oxygens (including phenoxy) is 1. The Kier molecular flexibility index (Phi) is 3.19. The van der Waals surface area contributed by atoms with Gasteiger partial charge in [-0.1, -0.05) is 23.7 Å². The van der Waals surface area contributed by atoms with Crippen LogP contribution >= 0.6 is 11.6 Å². The molecule has 0 spiro atoms. The number of rotatable bonds is 3. The molecule has 0 radical (unpaired) electrons. The summed E-state index contributed by atoms with van der Waals surface area (Å²) >= 11 is 5.96. The molecular formula is C11H12ClN3O2. The van der Waals surface area contributed by atoms with E-state index in [9.17, 15) is 0 Å². The molecule has 1 heterocycles. The molecule has 90 valence electrons. The summed E-state index contributed by atoms with van der Waals surface area (Å²) in [5.74, 6) is 1.56. The number of halogens is 1. The molecule has 17 heavy (non-hydrogen) atoms. The van der Waals surface area contributed by atoms with Gasteiger partial charge in [-0.05, 0) is 6.07 Å². The SMILES string of the molecule is CCc1noc(-c2cc(Cl)c(N)cc2OC)n1. The van der Waals surface area contributed by atoms with Gasteiger partial charge in [0.25, 0.3) is 5.89 Å². The third-order valence-electron chi connectivity index (χ3n) is 2.33. The maximum Gasteiger partial charge on any atom is 0.261 e. The molecular weight excluding hydrogens is 242 g/mol. The van der Waals surface area contributed by atoms with E-state index in [2.05, 4.69) is 10.1 Å². The molecule has 1 aromatic heterocycles. The number of benzene rings is 1. The molecule has 0 aliphatic carbocycles. The van der Waals surface area contributed by atoms with Gasteiger partial charge in [-0.2, -0.15) is 4.98 Å². The number of nitrogen functional groups attached to an aromatic ring is 1. The molecule has 1 aromatic carbocycles. The van der Waals surface area contributed by atoms with E-state index in [1.807, 2.05) is 6.92 Å². The standard InChI is InChI=1S/C11H12ClN3O2/c1-3-10-14-11(17-15-10)6-4-7(12)8(13)5-9(6)16-2/h4-5H,3,13H2,1-2H3. The molecule has 2 N–H and O–H groups in total. The van der Waals surface area contributed by atoms with E-state index < -0.39 is 0 Å². The average Bonchev–Trinajstić information content (AvgIpc) is 2.80. The van der Waals surface area contributed by atoms with Crippen LogP contribution < -0.4 is 10.5 Å². The van der Waals surface area contributed by atoms with Crippen molar-refractivity contribution in [2.75, 3.05) is 12.8 Å². The predicted molar refractivity (Wildman–Crippen MR) is 65.1 cm³/mol. The quantitative estimate of drug-likeness (QED) is 0.851. The van der Waals surface area contributed by atoms with Crippen molar-refractivity contribution in [3.8, 4) is 17.2 Å². The number of hydrogen-bond acceptors (Lipinski definition) is 5. The molecule has 2 aromatic rings. The molecule has 2 rings (SSSR count). The van der Waals surface area contributed by atoms with Gasteiger partial charge in [-0.15, -0.1) is 0 Å². The Labute approximate surface area is 104 Å². The Morgan fingerprint density at radius 1 is 1.47 bits per heavy atom. The van der Waals surface area contributed by atoms with Crippen LogP contribution in [0.1, 0.15) is 12.7 Å². The fraction of sp³-hybridized carbons (Fsp3) is 0.273. The van der Waals surface area contributed by atoms with E-state index in [0.717, 1.165) is 0 Å². The Bertz CT molecular complexity index is 540. The first kappa shape index (κ1) is 11.7. The third kappa shape index (κ3) is 2.19. The highest BCUT2D eigenvalue weighted by molar-refractivity contribution is 6.33. The van der Waals surface area contributed by atoms with Crippen LogP contribution in [0.4, 0.5) is 5.69 Å². The largest absolute Gasteiger partial charge is 0.496 e. The lowest BCUT2D eigenvalue weighted by atomic mass is 10.2. The van der Waals surface area contributed by atoms with Gasteiger partial charge in [-0.3, -0.25) is 0 Å². The van der Waals surface area contributed by atoms with Crippen LogP contribution in [0.25, 0.3) is 11.5 Å². The third-order valence-corrected chi connectivity index (χ3v) is 2.66. The van der Waals surface area contributed by atoms with Crippen molar-refractivity contribution in [3.63, 3.8) is 0 Å². The summed E-state index contributed by atoms with van der Waals surface area (Å²) < 4.78 is 10.4. The van der Waals surface area contributed by atoms with Crippen molar-refractivity contribution in [2.45, 2.75) is 13.3 Å². The molecule has 6 heteroatoms. The second-order valence-electron chi connectivity index (χ2n) is 3.44. The molecule has 0 aliphatic heterocycles. The summed E-state index contributed by atoms with van der Waals surface area (Å²) in [5, 5.41) is 4.25. The molecule has 0 saturated heterocycles. The van der Waals surface area contributed by atoms with Crippen LogP contribution in [0, 0.1) is 0 Å². The Morgan fingerprint density at radius 2 is 2.24 bits per heavy atom. The molecule has 0 atom stereocenters. The fourth-order valence-corrected chi connectivity index (χ4v) is 1.58. The van der Waals surface area contributed by atoms with E-state index in [1.165, 1.54) is 0 Å². The maximum atomic E-state index is 5.96. The lowest BCUT2D eigenvalue weighted by molar-refractivity contribution is 0.403. The number of anilines is 1. The second-order valence-corrected chi connectivity index (χ2v) is 3.85. The summed E-state index contributed by atoms with van der Waals surface area (Å²) in [7, 11) is 1.54. The van der Waals surface area contributed by atoms with Crippen LogP contribution in [0.5, 0.6) is 5.75 Å². The van der Waals surface area contributed by atoms with Gasteiger partial charge >= 0.3 is 0 Å². The van der Waals surface area contributed by atoms with Gasteiger partial charge in [0.15, 0.2) is 5.82 Å². The average molecular weight is 254 g/mol. The summed E-state index contributed by atoms with van der Waals surface area (Å²) in [4.78, 5) is 4.22. The molecule has 0 saturated carbocycles. The summed E-state index contributed by atoms with van der Waals surface area (Å²) in [6.45, 7) is 1.95. The van der Waals surface area contributed by atoms with E-state index >= 15 is 0 Å². The predicted octanol–water partition coefficient (Wildman–Crippen LogP) is 2.54. The molecule has 0 fully saturated rings. The molecule has 0 unspecified atom stereocenters. The summed E-state index contributed by atoms with van der Waals surface area (Å²) in [6, 6.07) is 3.29. The minimum atomic E-state index is 0.376. The van der Waals surface area contributed by atoms with Crippen molar-refractivity contribution < 1.29 is 9.26 Å². The van der Waals surface area contributed by atoms with Crippen molar-refractivity contribution in [3.05, 3.63) is 23.0 Å². The first-order valence-electron chi connectivity index (χ1n) is 5.11. The topological polar surface area (TPSA) is 74.2 Å². The zero-order chi connectivity index (χ0) is 12.4. The lowest BCUT2D eigenvalue weighted by Gasteiger charge is -2.07. The Morgan fingerprint density at radius 3 is 2.82 bits per heavy atom. The van der Waals surface area contributed by atoms with Gasteiger partial charge in [0.1, 0.15) is 5.75 Å². The van der Waals surface area contributed by atoms with E-state index in [0.29, 0.717) is 40.2 Å². The number of aromatic nitrogens is 2. The number of nitrogens with zero attached hydrogens (tertiary/aromatic N) is 2. The van der Waals surface area contributed by atoms with Crippen LogP contribution in [-0.4, -0.2) is 17.3 Å². The van der Waals surface area contributed by atoms with Gasteiger partial charge in [0, 0.05) is 12.5 Å². The highest BCUT2D eigenvalue weighted by Gasteiger charge is 2.15. The monoisotopic (exact) mass is 253 g/mol. The van der Waals surface area contributed by atoms with E-state index in [-0.39, 0.29) is 0 Å². The number of hydrogen-bond donors (Lipinski definition) is 1. The van der Waals surface area contributed by atoms with Gasteiger partial charge in [0.05, 0.1) is 23.4 Å². The number of methoxy groups -OCH3 is 1. The molecule has 0 amide bonds. The second kappa shape index (κ2) is 4.63.